The number of aromatic nitrogens is 2. The van der Waals surface area contributed by atoms with Gasteiger partial charge in [0.15, 0.2) is 5.78 Å². The summed E-state index contributed by atoms with van der Waals surface area (Å²) in [7, 11) is 0. The van der Waals surface area contributed by atoms with Crippen molar-refractivity contribution in [2.45, 2.75) is 6.42 Å². The molecule has 24 heavy (non-hydrogen) atoms. The second kappa shape index (κ2) is 6.02. The van der Waals surface area contributed by atoms with Crippen molar-refractivity contribution in [2.75, 3.05) is 0 Å². The molecule has 118 valence electrons. The van der Waals surface area contributed by atoms with Crippen LogP contribution in [0.1, 0.15) is 15.9 Å². The van der Waals surface area contributed by atoms with Crippen LogP contribution in [0.5, 0.6) is 0 Å². The van der Waals surface area contributed by atoms with Gasteiger partial charge in [0, 0.05) is 22.8 Å². The number of rotatable bonds is 4. The molecular weight excluding hydrogens is 323 g/mol. The van der Waals surface area contributed by atoms with Gasteiger partial charge in [-0.15, -0.1) is 11.3 Å². The van der Waals surface area contributed by atoms with Crippen LogP contribution < -0.4 is 0 Å². The van der Waals surface area contributed by atoms with Gasteiger partial charge in [-0.3, -0.25) is 9.89 Å². The average Bonchev–Trinajstić information content (AvgIpc) is 3.21. The summed E-state index contributed by atoms with van der Waals surface area (Å²) < 4.78 is 13.2. The minimum Gasteiger partial charge on any atom is -0.294 e. The number of H-pyrrole nitrogens is 1. The van der Waals surface area contributed by atoms with E-state index in [1.165, 1.54) is 23.5 Å². The maximum Gasteiger partial charge on any atom is 0.168 e. The molecule has 0 unspecified atom stereocenters. The number of carbonyl (C=O) groups is 1. The highest BCUT2D eigenvalue weighted by molar-refractivity contribution is 7.14. The first kappa shape index (κ1) is 14.8. The SMILES string of the molecule is O=C(Cc1cccc(F)c1)c1csc(-c2n[nH]c3ccccc23)c1. The van der Waals surface area contributed by atoms with Gasteiger partial charge in [-0.25, -0.2) is 4.39 Å². The predicted octanol–water partition coefficient (Wildman–Crippen LogP) is 4.86. The van der Waals surface area contributed by atoms with Gasteiger partial charge in [0.1, 0.15) is 11.5 Å². The second-order valence-corrected chi connectivity index (χ2v) is 6.46. The number of Topliss-reactive ketones (excluding diaryl/α,β-unsaturated/α-hetero) is 1. The highest BCUT2D eigenvalue weighted by Gasteiger charge is 2.14. The maximum atomic E-state index is 13.2. The molecule has 2 aromatic heterocycles. The minimum atomic E-state index is -0.325. The van der Waals surface area contributed by atoms with Gasteiger partial charge in [-0.2, -0.15) is 5.10 Å². The highest BCUT2D eigenvalue weighted by Crippen LogP contribution is 2.31. The summed E-state index contributed by atoms with van der Waals surface area (Å²) in [5.74, 6) is -0.350. The number of hydrogen-bond donors (Lipinski definition) is 1. The topological polar surface area (TPSA) is 45.8 Å². The molecule has 0 radical (unpaired) electrons. The molecule has 2 aromatic carbocycles. The molecule has 5 heteroatoms. The Balaban J connectivity index is 1.61. The number of aromatic amines is 1. The third-order valence-corrected chi connectivity index (χ3v) is 4.82. The van der Waals surface area contributed by atoms with Crippen LogP contribution in [0.15, 0.2) is 60.0 Å². The van der Waals surface area contributed by atoms with Crippen LogP contribution in [0.4, 0.5) is 4.39 Å². The summed E-state index contributed by atoms with van der Waals surface area (Å²) in [5.41, 5.74) is 3.12. The van der Waals surface area contributed by atoms with Crippen molar-refractivity contribution < 1.29 is 9.18 Å². The lowest BCUT2D eigenvalue weighted by atomic mass is 10.0. The van der Waals surface area contributed by atoms with Crippen molar-refractivity contribution in [3.05, 3.63) is 76.9 Å². The number of ketones is 1. The average molecular weight is 336 g/mol. The summed E-state index contributed by atoms with van der Waals surface area (Å²) in [6, 6.07) is 15.9. The van der Waals surface area contributed by atoms with Crippen LogP contribution in [-0.4, -0.2) is 16.0 Å². The van der Waals surface area contributed by atoms with Gasteiger partial charge < -0.3 is 0 Å². The Morgan fingerprint density at radius 1 is 1.12 bits per heavy atom. The van der Waals surface area contributed by atoms with E-state index >= 15 is 0 Å². The zero-order chi connectivity index (χ0) is 16.5. The van der Waals surface area contributed by atoms with E-state index in [1.807, 2.05) is 35.7 Å². The summed E-state index contributed by atoms with van der Waals surface area (Å²) in [5, 5.41) is 10.2. The molecule has 1 N–H and O–H groups in total. The Bertz CT molecular complexity index is 1030. The number of benzene rings is 2. The molecular formula is C19H13FN2OS. The Labute approximate surface area is 141 Å². The normalized spacial score (nSPS) is 11.0. The van der Waals surface area contributed by atoms with Crippen LogP contribution in [0.3, 0.4) is 0 Å². The van der Waals surface area contributed by atoms with Gasteiger partial charge in [0.25, 0.3) is 0 Å². The van der Waals surface area contributed by atoms with Crippen LogP contribution in [0.2, 0.25) is 0 Å². The van der Waals surface area contributed by atoms with Gasteiger partial charge in [0.05, 0.1) is 10.4 Å². The molecule has 4 aromatic rings. The monoisotopic (exact) mass is 336 g/mol. The standard InChI is InChI=1S/C19H13FN2OS/c20-14-5-3-4-12(8-14)9-17(23)13-10-18(24-11-13)19-15-6-1-2-7-16(15)21-22-19/h1-8,10-11H,9H2,(H,21,22). The Kier molecular flexibility index (Phi) is 3.70. The first-order chi connectivity index (χ1) is 11.7. The number of thiophene rings is 1. The second-order valence-electron chi connectivity index (χ2n) is 5.55. The molecule has 0 aliphatic carbocycles. The first-order valence-electron chi connectivity index (χ1n) is 7.50. The number of carbonyl (C=O) groups excluding carboxylic acids is 1. The summed E-state index contributed by atoms with van der Waals surface area (Å²) in [4.78, 5) is 13.4. The van der Waals surface area contributed by atoms with E-state index in [2.05, 4.69) is 10.2 Å². The fraction of sp³-hybridized carbons (Fsp3) is 0.0526. The van der Waals surface area contributed by atoms with Crippen molar-refractivity contribution >= 4 is 28.0 Å². The number of halogens is 1. The Hall–Kier alpha value is -2.79. The highest BCUT2D eigenvalue weighted by atomic mass is 32.1. The molecule has 0 bridgehead atoms. The van der Waals surface area contributed by atoms with Crippen LogP contribution >= 0.6 is 11.3 Å². The van der Waals surface area contributed by atoms with Crippen LogP contribution in [-0.2, 0) is 6.42 Å². The van der Waals surface area contributed by atoms with Crippen molar-refractivity contribution in [1.82, 2.24) is 10.2 Å². The molecule has 3 nitrogen and oxygen atoms in total. The summed E-state index contributed by atoms with van der Waals surface area (Å²) in [6.45, 7) is 0. The van der Waals surface area contributed by atoms with E-state index in [9.17, 15) is 9.18 Å². The van der Waals surface area contributed by atoms with Gasteiger partial charge in [-0.05, 0) is 29.8 Å². The third kappa shape index (κ3) is 2.74. The molecule has 0 saturated heterocycles. The van der Waals surface area contributed by atoms with E-state index in [1.54, 1.807) is 12.1 Å². The zero-order valence-electron chi connectivity index (χ0n) is 12.6. The maximum absolute atomic E-state index is 13.2. The lowest BCUT2D eigenvalue weighted by Crippen LogP contribution is -2.02. The van der Waals surface area contributed by atoms with Crippen molar-refractivity contribution in [1.29, 1.82) is 0 Å². The Morgan fingerprint density at radius 3 is 2.88 bits per heavy atom. The molecule has 0 saturated carbocycles. The largest absolute Gasteiger partial charge is 0.294 e. The third-order valence-electron chi connectivity index (χ3n) is 3.88. The molecule has 2 heterocycles. The predicted molar refractivity (Wildman–Crippen MR) is 93.8 cm³/mol. The number of fused-ring (bicyclic) bond motifs is 1. The minimum absolute atomic E-state index is 0.0251. The summed E-state index contributed by atoms with van der Waals surface area (Å²) >= 11 is 1.49. The van der Waals surface area contributed by atoms with Gasteiger partial charge >= 0.3 is 0 Å². The van der Waals surface area contributed by atoms with Crippen molar-refractivity contribution in [2.24, 2.45) is 0 Å². The van der Waals surface area contributed by atoms with Crippen molar-refractivity contribution in [3.63, 3.8) is 0 Å². The zero-order valence-corrected chi connectivity index (χ0v) is 13.4. The first-order valence-corrected chi connectivity index (χ1v) is 8.38. The van der Waals surface area contributed by atoms with Gasteiger partial charge in [-0.1, -0.05) is 30.3 Å². The molecule has 0 aliphatic heterocycles. The molecule has 0 atom stereocenters. The number of hydrogen-bond acceptors (Lipinski definition) is 3. The number of nitrogens with one attached hydrogen (secondary N) is 1. The quantitative estimate of drug-likeness (QED) is 0.541. The molecule has 4 rings (SSSR count). The lowest BCUT2D eigenvalue weighted by Gasteiger charge is -1.99. The summed E-state index contributed by atoms with van der Waals surface area (Å²) in [6.07, 6.45) is 0.190. The van der Waals surface area contributed by atoms with E-state index in [4.69, 9.17) is 0 Å². The Morgan fingerprint density at radius 2 is 2.00 bits per heavy atom. The molecule has 0 amide bonds. The van der Waals surface area contributed by atoms with Crippen LogP contribution in [0.25, 0.3) is 21.5 Å². The van der Waals surface area contributed by atoms with Gasteiger partial charge in [0.2, 0.25) is 0 Å². The van der Waals surface area contributed by atoms with E-state index in [0.717, 1.165) is 21.5 Å². The lowest BCUT2D eigenvalue weighted by molar-refractivity contribution is 0.0993. The smallest absolute Gasteiger partial charge is 0.168 e. The van der Waals surface area contributed by atoms with Crippen LogP contribution in [0, 0.1) is 5.82 Å². The van der Waals surface area contributed by atoms with E-state index < -0.39 is 0 Å². The fourth-order valence-electron chi connectivity index (χ4n) is 2.69. The van der Waals surface area contributed by atoms with Crippen molar-refractivity contribution in [3.8, 4) is 10.6 Å². The number of nitrogens with zero attached hydrogens (tertiary/aromatic N) is 1. The fourth-order valence-corrected chi connectivity index (χ4v) is 3.61. The number of para-hydroxylation sites is 1. The van der Waals surface area contributed by atoms with E-state index in [0.29, 0.717) is 11.1 Å². The molecule has 0 spiro atoms. The molecule has 0 aliphatic rings. The van der Waals surface area contributed by atoms with E-state index in [-0.39, 0.29) is 18.0 Å². The molecule has 0 fully saturated rings.